The Hall–Kier alpha value is -1.48. The second kappa shape index (κ2) is 8.59. The third kappa shape index (κ3) is 4.80. The predicted molar refractivity (Wildman–Crippen MR) is 76.4 cm³/mol. The van der Waals surface area contributed by atoms with Crippen molar-refractivity contribution in [1.29, 1.82) is 0 Å². The number of hydrogen-bond donors (Lipinski definition) is 1. The summed E-state index contributed by atoms with van der Waals surface area (Å²) in [7, 11) is 3.33. The van der Waals surface area contributed by atoms with Crippen LogP contribution in [-0.4, -0.2) is 27.3 Å². The molecule has 3 heteroatoms. The summed E-state index contributed by atoms with van der Waals surface area (Å²) in [4.78, 5) is 0. The van der Waals surface area contributed by atoms with Gasteiger partial charge in [-0.1, -0.05) is 19.1 Å². The molecule has 0 aliphatic carbocycles. The van der Waals surface area contributed by atoms with Crippen molar-refractivity contribution in [3.63, 3.8) is 0 Å². The molecule has 0 bridgehead atoms. The minimum Gasteiger partial charge on any atom is -0.497 e. The Morgan fingerprint density at radius 1 is 1.17 bits per heavy atom. The molecule has 0 saturated heterocycles. The third-order valence-electron chi connectivity index (χ3n) is 2.65. The van der Waals surface area contributed by atoms with E-state index in [-0.39, 0.29) is 0 Å². The van der Waals surface area contributed by atoms with Crippen LogP contribution in [-0.2, 0) is 0 Å². The molecule has 100 valence electrons. The van der Waals surface area contributed by atoms with Crippen molar-refractivity contribution < 1.29 is 9.47 Å². The molecule has 0 spiro atoms. The van der Waals surface area contributed by atoms with Crippen LogP contribution in [0.1, 0.15) is 25.3 Å². The highest BCUT2D eigenvalue weighted by molar-refractivity contribution is 5.59. The Kier molecular flexibility index (Phi) is 6.96. The minimum atomic E-state index is 0.814. The van der Waals surface area contributed by atoms with Gasteiger partial charge in [-0.05, 0) is 38.1 Å². The number of methoxy groups -OCH3 is 2. The summed E-state index contributed by atoms with van der Waals surface area (Å²) in [5.74, 6) is 1.65. The zero-order chi connectivity index (χ0) is 13.2. The van der Waals surface area contributed by atoms with Crippen LogP contribution in [0.25, 0.3) is 6.08 Å². The van der Waals surface area contributed by atoms with E-state index in [1.165, 1.54) is 6.42 Å². The van der Waals surface area contributed by atoms with Gasteiger partial charge in [-0.3, -0.25) is 0 Å². The summed E-state index contributed by atoms with van der Waals surface area (Å²) in [6.45, 7) is 4.27. The van der Waals surface area contributed by atoms with E-state index in [1.807, 2.05) is 18.2 Å². The lowest BCUT2D eigenvalue weighted by molar-refractivity contribution is 0.393. The molecule has 1 aromatic rings. The van der Waals surface area contributed by atoms with Crippen LogP contribution in [0.5, 0.6) is 11.5 Å². The molecule has 0 atom stereocenters. The van der Waals surface area contributed by atoms with E-state index >= 15 is 0 Å². The standard InChI is InChI=1S/C15H23NO2/c1-4-10-16-11-6-5-7-13-8-9-14(17-2)12-15(13)18-3/h5,7-9,12,16H,4,6,10-11H2,1-3H3. The molecule has 0 saturated carbocycles. The van der Waals surface area contributed by atoms with Gasteiger partial charge in [0, 0.05) is 11.6 Å². The molecule has 0 unspecified atom stereocenters. The van der Waals surface area contributed by atoms with Gasteiger partial charge in [-0.15, -0.1) is 0 Å². The maximum Gasteiger partial charge on any atom is 0.129 e. The first-order chi connectivity index (χ1) is 8.81. The van der Waals surface area contributed by atoms with Gasteiger partial charge in [-0.2, -0.15) is 0 Å². The van der Waals surface area contributed by atoms with Crippen molar-refractivity contribution in [3.05, 3.63) is 29.8 Å². The predicted octanol–water partition coefficient (Wildman–Crippen LogP) is 3.11. The number of benzene rings is 1. The van der Waals surface area contributed by atoms with E-state index in [4.69, 9.17) is 9.47 Å². The first-order valence-electron chi connectivity index (χ1n) is 6.41. The molecule has 1 aromatic carbocycles. The zero-order valence-corrected chi connectivity index (χ0v) is 11.5. The van der Waals surface area contributed by atoms with E-state index in [1.54, 1.807) is 14.2 Å². The number of hydrogen-bond acceptors (Lipinski definition) is 3. The Labute approximate surface area is 110 Å². The molecule has 3 nitrogen and oxygen atoms in total. The Bertz CT molecular complexity index is 375. The summed E-state index contributed by atoms with van der Waals surface area (Å²) in [5.41, 5.74) is 1.08. The molecule has 0 aliphatic heterocycles. The van der Waals surface area contributed by atoms with Crippen LogP contribution in [0, 0.1) is 0 Å². The van der Waals surface area contributed by atoms with Gasteiger partial charge in [0.1, 0.15) is 11.5 Å². The van der Waals surface area contributed by atoms with Crippen molar-refractivity contribution in [2.75, 3.05) is 27.3 Å². The molecule has 0 aromatic heterocycles. The fourth-order valence-corrected chi connectivity index (χ4v) is 1.65. The molecule has 1 N–H and O–H groups in total. The molecule has 0 heterocycles. The van der Waals surface area contributed by atoms with Crippen LogP contribution in [0.2, 0.25) is 0 Å². The SMILES string of the molecule is CCCNCCC=Cc1ccc(OC)cc1OC. The number of nitrogens with one attached hydrogen (secondary N) is 1. The number of ether oxygens (including phenoxy) is 2. The van der Waals surface area contributed by atoms with Crippen LogP contribution in [0.3, 0.4) is 0 Å². The highest BCUT2D eigenvalue weighted by atomic mass is 16.5. The van der Waals surface area contributed by atoms with Crippen LogP contribution < -0.4 is 14.8 Å². The summed E-state index contributed by atoms with van der Waals surface area (Å²) in [6.07, 6.45) is 6.45. The quantitative estimate of drug-likeness (QED) is 0.718. The largest absolute Gasteiger partial charge is 0.497 e. The van der Waals surface area contributed by atoms with Gasteiger partial charge in [0.25, 0.3) is 0 Å². The Balaban J connectivity index is 2.52. The van der Waals surface area contributed by atoms with Gasteiger partial charge in [-0.25, -0.2) is 0 Å². The fraction of sp³-hybridized carbons (Fsp3) is 0.467. The topological polar surface area (TPSA) is 30.5 Å². The normalized spacial score (nSPS) is 10.8. The van der Waals surface area contributed by atoms with Crippen molar-refractivity contribution in [2.45, 2.75) is 19.8 Å². The third-order valence-corrected chi connectivity index (χ3v) is 2.65. The summed E-state index contributed by atoms with van der Waals surface area (Å²) >= 11 is 0. The molecule has 18 heavy (non-hydrogen) atoms. The molecular weight excluding hydrogens is 226 g/mol. The van der Waals surface area contributed by atoms with Gasteiger partial charge in [0.2, 0.25) is 0 Å². The second-order valence-electron chi connectivity index (χ2n) is 4.05. The lowest BCUT2D eigenvalue weighted by atomic mass is 10.1. The van der Waals surface area contributed by atoms with Crippen LogP contribution >= 0.6 is 0 Å². The lowest BCUT2D eigenvalue weighted by Gasteiger charge is -2.07. The fourth-order valence-electron chi connectivity index (χ4n) is 1.65. The molecule has 0 radical (unpaired) electrons. The number of rotatable bonds is 8. The summed E-state index contributed by atoms with van der Waals surface area (Å²) < 4.78 is 10.5. The van der Waals surface area contributed by atoms with E-state index in [0.717, 1.165) is 36.6 Å². The monoisotopic (exact) mass is 249 g/mol. The molecule has 0 amide bonds. The maximum atomic E-state index is 5.34. The first-order valence-corrected chi connectivity index (χ1v) is 6.41. The van der Waals surface area contributed by atoms with Crippen molar-refractivity contribution >= 4 is 6.08 Å². The Morgan fingerprint density at radius 3 is 2.67 bits per heavy atom. The van der Waals surface area contributed by atoms with Crippen molar-refractivity contribution in [1.82, 2.24) is 5.32 Å². The van der Waals surface area contributed by atoms with Crippen molar-refractivity contribution in [2.24, 2.45) is 0 Å². The lowest BCUT2D eigenvalue weighted by Crippen LogP contribution is -2.14. The average molecular weight is 249 g/mol. The highest BCUT2D eigenvalue weighted by Gasteiger charge is 2.01. The van der Waals surface area contributed by atoms with Gasteiger partial charge >= 0.3 is 0 Å². The van der Waals surface area contributed by atoms with Gasteiger partial charge in [0.05, 0.1) is 14.2 Å². The minimum absolute atomic E-state index is 0.814. The van der Waals surface area contributed by atoms with Gasteiger partial charge < -0.3 is 14.8 Å². The molecule has 0 fully saturated rings. The summed E-state index contributed by atoms with van der Waals surface area (Å²) in [6, 6.07) is 5.85. The second-order valence-corrected chi connectivity index (χ2v) is 4.05. The highest BCUT2D eigenvalue weighted by Crippen LogP contribution is 2.25. The smallest absolute Gasteiger partial charge is 0.129 e. The first kappa shape index (κ1) is 14.6. The van der Waals surface area contributed by atoms with E-state index in [0.29, 0.717) is 0 Å². The van der Waals surface area contributed by atoms with E-state index in [9.17, 15) is 0 Å². The average Bonchev–Trinajstić information content (AvgIpc) is 2.42. The van der Waals surface area contributed by atoms with Crippen LogP contribution in [0.4, 0.5) is 0 Å². The van der Waals surface area contributed by atoms with Crippen LogP contribution in [0.15, 0.2) is 24.3 Å². The molecule has 1 rings (SSSR count). The Morgan fingerprint density at radius 2 is 2.00 bits per heavy atom. The zero-order valence-electron chi connectivity index (χ0n) is 11.5. The van der Waals surface area contributed by atoms with E-state index in [2.05, 4.69) is 24.4 Å². The maximum absolute atomic E-state index is 5.34. The van der Waals surface area contributed by atoms with Crippen molar-refractivity contribution in [3.8, 4) is 11.5 Å². The van der Waals surface area contributed by atoms with Gasteiger partial charge in [0.15, 0.2) is 0 Å². The van der Waals surface area contributed by atoms with E-state index < -0.39 is 0 Å². The summed E-state index contributed by atoms with van der Waals surface area (Å²) in [5, 5.41) is 3.37. The molecule has 0 aliphatic rings. The molecular formula is C15H23NO2.